The highest BCUT2D eigenvalue weighted by molar-refractivity contribution is 6.13. The van der Waals surface area contributed by atoms with Crippen molar-refractivity contribution >= 4 is 43.6 Å². The molecule has 0 fully saturated rings. The van der Waals surface area contributed by atoms with Crippen LogP contribution in [-0.2, 0) is 5.41 Å². The Morgan fingerprint density at radius 1 is 0.434 bits per heavy atom. The Morgan fingerprint density at radius 3 is 1.87 bits per heavy atom. The van der Waals surface area contributed by atoms with E-state index in [0.717, 1.165) is 39.4 Å². The van der Waals surface area contributed by atoms with Gasteiger partial charge in [-0.2, -0.15) is 0 Å². The number of rotatable bonds is 4. The normalized spacial score (nSPS) is 13.2. The van der Waals surface area contributed by atoms with Crippen LogP contribution >= 0.6 is 0 Å². The van der Waals surface area contributed by atoms with Crippen LogP contribution in [0.4, 0.5) is 0 Å². The number of benzene rings is 7. The van der Waals surface area contributed by atoms with E-state index in [4.69, 9.17) is 4.98 Å². The first-order valence-electron chi connectivity index (χ1n) is 18.4. The third kappa shape index (κ3) is 4.31. The van der Waals surface area contributed by atoms with Crippen molar-refractivity contribution in [1.29, 1.82) is 0 Å². The van der Waals surface area contributed by atoms with Crippen LogP contribution in [0.25, 0.3) is 88.6 Å². The highest BCUT2D eigenvalue weighted by Crippen LogP contribution is 2.53. The summed E-state index contributed by atoms with van der Waals surface area (Å²) in [6.45, 7) is 4.75. The quantitative estimate of drug-likeness (QED) is 0.182. The molecule has 3 heteroatoms. The standard InChI is InChI=1S/C50H35N3/c1-50(2)42-22-12-9-19-36(42)39-26-27-40-37-20-10-14-24-45(37)53(49(40)48(39)50)47-31-34(30-43(51-47)32-15-5-3-6-16-32)33-25-28-46-41(29-33)38-21-11-13-23-44(38)52(46)35-17-7-4-8-18-35/h3-31H,1-2H3. The van der Waals surface area contributed by atoms with Gasteiger partial charge in [0.15, 0.2) is 0 Å². The van der Waals surface area contributed by atoms with Crippen LogP contribution in [0.3, 0.4) is 0 Å². The minimum atomic E-state index is -0.185. The molecular weight excluding hydrogens is 643 g/mol. The van der Waals surface area contributed by atoms with E-state index in [1.807, 2.05) is 0 Å². The monoisotopic (exact) mass is 677 g/mol. The van der Waals surface area contributed by atoms with Gasteiger partial charge in [-0.05, 0) is 81.9 Å². The van der Waals surface area contributed by atoms with Crippen LogP contribution in [-0.4, -0.2) is 14.1 Å². The Labute approximate surface area is 308 Å². The predicted octanol–water partition coefficient (Wildman–Crippen LogP) is 12.9. The second-order valence-corrected chi connectivity index (χ2v) is 14.8. The van der Waals surface area contributed by atoms with Gasteiger partial charge in [0.25, 0.3) is 0 Å². The maximum Gasteiger partial charge on any atom is 0.138 e. The summed E-state index contributed by atoms with van der Waals surface area (Å²) in [4.78, 5) is 5.51. The Morgan fingerprint density at radius 2 is 1.08 bits per heavy atom. The molecule has 10 aromatic rings. The molecule has 0 N–H and O–H groups in total. The number of hydrogen-bond donors (Lipinski definition) is 0. The number of fused-ring (bicyclic) bond motifs is 10. The van der Waals surface area contributed by atoms with Gasteiger partial charge >= 0.3 is 0 Å². The highest BCUT2D eigenvalue weighted by atomic mass is 15.1. The van der Waals surface area contributed by atoms with E-state index >= 15 is 0 Å². The van der Waals surface area contributed by atoms with E-state index < -0.39 is 0 Å². The molecule has 0 atom stereocenters. The van der Waals surface area contributed by atoms with E-state index in [9.17, 15) is 0 Å². The SMILES string of the molecule is CC1(C)c2ccccc2-c2ccc3c4ccccc4n(-c4cc(-c5ccc6c(c5)c5ccccc5n6-c5ccccc5)cc(-c5ccccc5)n4)c3c21. The first kappa shape index (κ1) is 30.0. The average molecular weight is 678 g/mol. The first-order valence-corrected chi connectivity index (χ1v) is 18.4. The largest absolute Gasteiger partial charge is 0.309 e. The maximum absolute atomic E-state index is 5.51. The molecule has 0 bridgehead atoms. The Bertz CT molecular complexity index is 3070. The summed E-state index contributed by atoms with van der Waals surface area (Å²) in [7, 11) is 0. The lowest BCUT2D eigenvalue weighted by Gasteiger charge is -2.23. The zero-order valence-electron chi connectivity index (χ0n) is 29.6. The maximum atomic E-state index is 5.51. The second-order valence-electron chi connectivity index (χ2n) is 14.8. The molecule has 3 aromatic heterocycles. The van der Waals surface area contributed by atoms with Gasteiger partial charge in [-0.3, -0.25) is 4.57 Å². The van der Waals surface area contributed by atoms with Gasteiger partial charge in [0.1, 0.15) is 5.82 Å². The van der Waals surface area contributed by atoms with Gasteiger partial charge in [0.2, 0.25) is 0 Å². The molecule has 1 aliphatic carbocycles. The molecule has 3 nitrogen and oxygen atoms in total. The molecule has 53 heavy (non-hydrogen) atoms. The molecule has 0 amide bonds. The fraction of sp³-hybridized carbons (Fsp3) is 0.0600. The van der Waals surface area contributed by atoms with E-state index in [1.54, 1.807) is 0 Å². The number of nitrogens with zero attached hydrogens (tertiary/aromatic N) is 3. The Balaban J connectivity index is 1.21. The van der Waals surface area contributed by atoms with Crippen molar-refractivity contribution < 1.29 is 0 Å². The molecule has 7 aromatic carbocycles. The highest BCUT2D eigenvalue weighted by Gasteiger charge is 2.38. The Kier molecular flexibility index (Phi) is 6.30. The van der Waals surface area contributed by atoms with Crippen LogP contribution in [0.2, 0.25) is 0 Å². The summed E-state index contributed by atoms with van der Waals surface area (Å²) in [5, 5.41) is 4.96. The van der Waals surface area contributed by atoms with Gasteiger partial charge in [0, 0.05) is 38.2 Å². The lowest BCUT2D eigenvalue weighted by molar-refractivity contribution is 0.663. The molecule has 0 spiro atoms. The molecule has 3 heterocycles. The molecule has 11 rings (SSSR count). The zero-order valence-corrected chi connectivity index (χ0v) is 29.6. The van der Waals surface area contributed by atoms with Crippen LogP contribution in [0.15, 0.2) is 176 Å². The van der Waals surface area contributed by atoms with Crippen LogP contribution in [0.5, 0.6) is 0 Å². The van der Waals surface area contributed by atoms with Gasteiger partial charge in [-0.15, -0.1) is 0 Å². The van der Waals surface area contributed by atoms with Crippen molar-refractivity contribution in [3.63, 3.8) is 0 Å². The number of para-hydroxylation sites is 3. The van der Waals surface area contributed by atoms with Gasteiger partial charge < -0.3 is 4.57 Å². The summed E-state index contributed by atoms with van der Waals surface area (Å²) in [5.74, 6) is 0.916. The van der Waals surface area contributed by atoms with Crippen molar-refractivity contribution in [2.45, 2.75) is 19.3 Å². The summed E-state index contributed by atoms with van der Waals surface area (Å²) >= 11 is 0. The van der Waals surface area contributed by atoms with Gasteiger partial charge in [0.05, 0.1) is 27.8 Å². The molecular formula is C50H35N3. The third-order valence-corrected chi connectivity index (χ3v) is 11.5. The van der Waals surface area contributed by atoms with Gasteiger partial charge in [-0.25, -0.2) is 4.98 Å². The molecule has 0 aliphatic heterocycles. The van der Waals surface area contributed by atoms with E-state index in [1.165, 1.54) is 60.3 Å². The smallest absolute Gasteiger partial charge is 0.138 e. The van der Waals surface area contributed by atoms with Crippen LogP contribution in [0.1, 0.15) is 25.0 Å². The topological polar surface area (TPSA) is 22.8 Å². The van der Waals surface area contributed by atoms with Crippen molar-refractivity contribution in [3.05, 3.63) is 187 Å². The molecule has 0 unspecified atom stereocenters. The van der Waals surface area contributed by atoms with Gasteiger partial charge in [-0.1, -0.05) is 141 Å². The molecule has 1 aliphatic rings. The van der Waals surface area contributed by atoms with Crippen LogP contribution < -0.4 is 0 Å². The first-order chi connectivity index (χ1) is 26.1. The second kappa shape index (κ2) is 11.1. The average Bonchev–Trinajstić information content (AvgIpc) is 3.81. The van der Waals surface area contributed by atoms with Crippen molar-refractivity contribution in [2.75, 3.05) is 0 Å². The van der Waals surface area contributed by atoms with E-state index in [0.29, 0.717) is 0 Å². The number of pyridine rings is 1. The minimum Gasteiger partial charge on any atom is -0.309 e. The molecule has 250 valence electrons. The van der Waals surface area contributed by atoms with Crippen molar-refractivity contribution in [1.82, 2.24) is 14.1 Å². The van der Waals surface area contributed by atoms with E-state index in [-0.39, 0.29) is 5.41 Å². The lowest BCUT2D eigenvalue weighted by Crippen LogP contribution is -2.16. The Hall–Kier alpha value is -6.71. The predicted molar refractivity (Wildman–Crippen MR) is 221 cm³/mol. The lowest BCUT2D eigenvalue weighted by atomic mass is 9.81. The third-order valence-electron chi connectivity index (χ3n) is 11.5. The summed E-state index contributed by atoms with van der Waals surface area (Å²) in [5.41, 5.74) is 15.5. The number of aromatic nitrogens is 3. The fourth-order valence-electron chi connectivity index (χ4n) is 9.11. The minimum absolute atomic E-state index is 0.185. The summed E-state index contributed by atoms with van der Waals surface area (Å²) < 4.78 is 4.81. The molecule has 0 radical (unpaired) electrons. The summed E-state index contributed by atoms with van der Waals surface area (Å²) in [6, 6.07) is 63.8. The number of hydrogen-bond acceptors (Lipinski definition) is 1. The summed E-state index contributed by atoms with van der Waals surface area (Å²) in [6.07, 6.45) is 0. The van der Waals surface area contributed by atoms with E-state index in [2.05, 4.69) is 199 Å². The zero-order chi connectivity index (χ0) is 35.3. The van der Waals surface area contributed by atoms with Crippen molar-refractivity contribution in [3.8, 4) is 45.0 Å². The van der Waals surface area contributed by atoms with Crippen molar-refractivity contribution in [2.24, 2.45) is 0 Å². The molecule has 0 saturated heterocycles. The fourth-order valence-corrected chi connectivity index (χ4v) is 9.11. The van der Waals surface area contributed by atoms with Crippen LogP contribution in [0, 0.1) is 0 Å². The molecule has 0 saturated carbocycles.